The molecular formula is C15H26BrNS. The number of thiophene rings is 1. The number of hydrogen-bond acceptors (Lipinski definition) is 2. The van der Waals surface area contributed by atoms with E-state index >= 15 is 0 Å². The molecule has 1 nitrogen and oxygen atoms in total. The molecule has 0 fully saturated rings. The van der Waals surface area contributed by atoms with Crippen LogP contribution in [0.2, 0.25) is 0 Å². The van der Waals surface area contributed by atoms with Gasteiger partial charge in [0.2, 0.25) is 0 Å². The van der Waals surface area contributed by atoms with Gasteiger partial charge in [0.25, 0.3) is 0 Å². The molecule has 0 aliphatic carbocycles. The third kappa shape index (κ3) is 7.55. The molecule has 0 radical (unpaired) electrons. The molecule has 0 saturated heterocycles. The smallest absolute Gasteiger partial charge is 0.0327 e. The minimum atomic E-state index is 1.01. The highest BCUT2D eigenvalue weighted by atomic mass is 79.9. The fourth-order valence-corrected chi connectivity index (χ4v) is 3.50. The standard InChI is InChI=1S/C15H26BrNS/c1-2-3-4-5-6-7-8-9-11-17-13-15-14(16)10-12-18-15/h10,12,17H,2-9,11,13H2,1H3. The first kappa shape index (κ1) is 16.2. The van der Waals surface area contributed by atoms with Gasteiger partial charge in [0, 0.05) is 15.9 Å². The normalized spacial score (nSPS) is 11.0. The molecule has 0 unspecified atom stereocenters. The SMILES string of the molecule is CCCCCCCCCCNCc1sccc1Br. The van der Waals surface area contributed by atoms with Gasteiger partial charge in [-0.2, -0.15) is 0 Å². The van der Waals surface area contributed by atoms with Crippen LogP contribution >= 0.6 is 27.3 Å². The van der Waals surface area contributed by atoms with Gasteiger partial charge in [-0.1, -0.05) is 51.9 Å². The van der Waals surface area contributed by atoms with Crippen LogP contribution in [0.15, 0.2) is 15.9 Å². The summed E-state index contributed by atoms with van der Waals surface area (Å²) >= 11 is 5.38. The molecule has 104 valence electrons. The molecule has 18 heavy (non-hydrogen) atoms. The molecule has 0 saturated carbocycles. The lowest BCUT2D eigenvalue weighted by Crippen LogP contribution is -2.13. The zero-order chi connectivity index (χ0) is 13.1. The lowest BCUT2D eigenvalue weighted by atomic mass is 10.1. The van der Waals surface area contributed by atoms with E-state index < -0.39 is 0 Å². The summed E-state index contributed by atoms with van der Waals surface area (Å²) in [6.45, 7) is 4.44. The van der Waals surface area contributed by atoms with Crippen LogP contribution in [0.4, 0.5) is 0 Å². The summed E-state index contributed by atoms with van der Waals surface area (Å²) in [5, 5.41) is 5.66. The van der Waals surface area contributed by atoms with Crippen LogP contribution in [0.25, 0.3) is 0 Å². The summed E-state index contributed by atoms with van der Waals surface area (Å²) in [6, 6.07) is 2.12. The summed E-state index contributed by atoms with van der Waals surface area (Å²) in [5.41, 5.74) is 0. The average molecular weight is 332 g/mol. The number of nitrogens with one attached hydrogen (secondary N) is 1. The zero-order valence-electron chi connectivity index (χ0n) is 11.5. The maximum Gasteiger partial charge on any atom is 0.0327 e. The predicted molar refractivity (Wildman–Crippen MR) is 86.3 cm³/mol. The van der Waals surface area contributed by atoms with Gasteiger partial charge in [0.05, 0.1) is 0 Å². The van der Waals surface area contributed by atoms with Gasteiger partial charge in [0.15, 0.2) is 0 Å². The van der Waals surface area contributed by atoms with E-state index in [1.54, 1.807) is 0 Å². The second kappa shape index (κ2) is 11.0. The van der Waals surface area contributed by atoms with Crippen molar-refractivity contribution in [2.24, 2.45) is 0 Å². The van der Waals surface area contributed by atoms with Crippen molar-refractivity contribution >= 4 is 27.3 Å². The Balaban J connectivity index is 1.83. The predicted octanol–water partition coefficient (Wildman–Crippen LogP) is 5.74. The van der Waals surface area contributed by atoms with Gasteiger partial charge in [-0.15, -0.1) is 11.3 Å². The van der Waals surface area contributed by atoms with Crippen LogP contribution in [0.5, 0.6) is 0 Å². The topological polar surface area (TPSA) is 12.0 Å². The first-order valence-electron chi connectivity index (χ1n) is 7.27. The molecule has 0 bridgehead atoms. The summed E-state index contributed by atoms with van der Waals surface area (Å²) < 4.78 is 1.25. The Hall–Kier alpha value is 0.140. The first-order chi connectivity index (χ1) is 8.84. The van der Waals surface area contributed by atoms with Crippen molar-refractivity contribution in [1.29, 1.82) is 0 Å². The Morgan fingerprint density at radius 3 is 2.33 bits per heavy atom. The Morgan fingerprint density at radius 2 is 1.72 bits per heavy atom. The second-order valence-corrected chi connectivity index (χ2v) is 6.70. The molecule has 1 aromatic rings. The monoisotopic (exact) mass is 331 g/mol. The third-order valence-corrected chi connectivity index (χ3v) is 5.11. The van der Waals surface area contributed by atoms with Crippen molar-refractivity contribution < 1.29 is 0 Å². The van der Waals surface area contributed by atoms with E-state index in [4.69, 9.17) is 0 Å². The molecule has 0 aliphatic rings. The fraction of sp³-hybridized carbons (Fsp3) is 0.733. The van der Waals surface area contributed by atoms with Crippen LogP contribution in [-0.2, 0) is 6.54 Å². The largest absolute Gasteiger partial charge is 0.312 e. The molecular weight excluding hydrogens is 306 g/mol. The Kier molecular flexibility index (Phi) is 9.90. The van der Waals surface area contributed by atoms with Crippen molar-refractivity contribution in [2.45, 2.75) is 64.8 Å². The maximum absolute atomic E-state index is 3.56. The van der Waals surface area contributed by atoms with Crippen LogP contribution in [0.1, 0.15) is 63.2 Å². The van der Waals surface area contributed by atoms with Crippen molar-refractivity contribution in [3.8, 4) is 0 Å². The van der Waals surface area contributed by atoms with E-state index in [9.17, 15) is 0 Å². The number of hydrogen-bond donors (Lipinski definition) is 1. The highest BCUT2D eigenvalue weighted by molar-refractivity contribution is 9.10. The van der Waals surface area contributed by atoms with E-state index in [2.05, 4.69) is 39.6 Å². The summed E-state index contributed by atoms with van der Waals surface area (Å²) in [6.07, 6.45) is 11.2. The third-order valence-electron chi connectivity index (χ3n) is 3.18. The lowest BCUT2D eigenvalue weighted by molar-refractivity contribution is 0.556. The summed E-state index contributed by atoms with van der Waals surface area (Å²) in [5.74, 6) is 0. The van der Waals surface area contributed by atoms with Gasteiger partial charge in [-0.05, 0) is 40.3 Å². The molecule has 1 N–H and O–H groups in total. The quantitative estimate of drug-likeness (QED) is 0.509. The summed E-state index contributed by atoms with van der Waals surface area (Å²) in [7, 11) is 0. The molecule has 1 heterocycles. The van der Waals surface area contributed by atoms with Crippen LogP contribution in [0.3, 0.4) is 0 Å². The molecule has 0 atom stereocenters. The highest BCUT2D eigenvalue weighted by Crippen LogP contribution is 2.22. The Labute approximate surface area is 125 Å². The minimum absolute atomic E-state index is 1.01. The molecule has 0 aliphatic heterocycles. The van der Waals surface area contributed by atoms with E-state index in [1.807, 2.05) is 11.3 Å². The maximum atomic E-state index is 3.56. The van der Waals surface area contributed by atoms with E-state index in [-0.39, 0.29) is 0 Å². The Bertz CT molecular complexity index is 298. The molecule has 3 heteroatoms. The number of rotatable bonds is 11. The van der Waals surface area contributed by atoms with Crippen molar-refractivity contribution in [3.63, 3.8) is 0 Å². The van der Waals surface area contributed by atoms with E-state index in [0.717, 1.165) is 13.1 Å². The number of unbranched alkanes of at least 4 members (excludes halogenated alkanes) is 7. The van der Waals surface area contributed by atoms with Crippen molar-refractivity contribution in [2.75, 3.05) is 6.54 Å². The van der Waals surface area contributed by atoms with Gasteiger partial charge >= 0.3 is 0 Å². The molecule has 0 amide bonds. The van der Waals surface area contributed by atoms with E-state index in [0.29, 0.717) is 0 Å². The average Bonchev–Trinajstić information content (AvgIpc) is 2.77. The van der Waals surface area contributed by atoms with Gasteiger partial charge in [-0.25, -0.2) is 0 Å². The molecule has 0 aromatic carbocycles. The van der Waals surface area contributed by atoms with Crippen LogP contribution in [-0.4, -0.2) is 6.54 Å². The molecule has 1 rings (SSSR count). The number of halogens is 1. The lowest BCUT2D eigenvalue weighted by Gasteiger charge is -2.04. The zero-order valence-corrected chi connectivity index (χ0v) is 13.9. The Morgan fingerprint density at radius 1 is 1.06 bits per heavy atom. The van der Waals surface area contributed by atoms with Crippen LogP contribution in [0, 0.1) is 0 Å². The molecule has 0 spiro atoms. The van der Waals surface area contributed by atoms with Gasteiger partial charge < -0.3 is 5.32 Å². The van der Waals surface area contributed by atoms with Crippen molar-refractivity contribution in [3.05, 3.63) is 20.8 Å². The minimum Gasteiger partial charge on any atom is -0.312 e. The molecule has 1 aromatic heterocycles. The summed E-state index contributed by atoms with van der Waals surface area (Å²) in [4.78, 5) is 1.41. The van der Waals surface area contributed by atoms with Crippen LogP contribution < -0.4 is 5.32 Å². The first-order valence-corrected chi connectivity index (χ1v) is 8.94. The fourth-order valence-electron chi connectivity index (χ4n) is 2.04. The van der Waals surface area contributed by atoms with Crippen molar-refractivity contribution in [1.82, 2.24) is 5.32 Å². The second-order valence-electron chi connectivity index (χ2n) is 4.84. The van der Waals surface area contributed by atoms with Gasteiger partial charge in [-0.3, -0.25) is 0 Å². The highest BCUT2D eigenvalue weighted by Gasteiger charge is 1.99. The van der Waals surface area contributed by atoms with Gasteiger partial charge in [0.1, 0.15) is 0 Å². The van der Waals surface area contributed by atoms with E-state index in [1.165, 1.54) is 60.7 Å².